The lowest BCUT2D eigenvalue weighted by molar-refractivity contribution is -0.123. The van der Waals surface area contributed by atoms with Crippen LogP contribution >= 0.6 is 0 Å². The third-order valence-electron chi connectivity index (χ3n) is 3.44. The summed E-state index contributed by atoms with van der Waals surface area (Å²) in [6.45, 7) is 5.22. The first-order valence-electron chi connectivity index (χ1n) is 6.68. The Morgan fingerprint density at radius 1 is 1.24 bits per heavy atom. The second kappa shape index (κ2) is 5.44. The molecule has 0 spiro atoms. The van der Waals surface area contributed by atoms with Gasteiger partial charge in [0, 0.05) is 12.3 Å². The van der Waals surface area contributed by atoms with Crippen molar-refractivity contribution >= 4 is 17.3 Å². The highest BCUT2D eigenvalue weighted by Crippen LogP contribution is 2.21. The van der Waals surface area contributed by atoms with Gasteiger partial charge in [-0.25, -0.2) is 0 Å². The van der Waals surface area contributed by atoms with E-state index in [2.05, 4.69) is 5.32 Å². The molecule has 0 aliphatic heterocycles. The van der Waals surface area contributed by atoms with Gasteiger partial charge in [0.2, 0.25) is 5.91 Å². The number of carbonyl (C=O) groups is 1. The van der Waals surface area contributed by atoms with Crippen molar-refractivity contribution in [1.82, 2.24) is 4.57 Å². The number of anilines is 2. The van der Waals surface area contributed by atoms with Gasteiger partial charge in [0.1, 0.15) is 5.54 Å². The van der Waals surface area contributed by atoms with Crippen molar-refractivity contribution in [2.24, 2.45) is 0 Å². The van der Waals surface area contributed by atoms with Gasteiger partial charge >= 0.3 is 0 Å². The number of carbonyl (C=O) groups excluding carboxylic acids is 1. The van der Waals surface area contributed by atoms with Gasteiger partial charge in [-0.2, -0.15) is 0 Å². The van der Waals surface area contributed by atoms with Crippen LogP contribution in [0.1, 0.15) is 19.4 Å². The van der Waals surface area contributed by atoms with Crippen molar-refractivity contribution in [3.63, 3.8) is 0 Å². The van der Waals surface area contributed by atoms with Crippen LogP contribution in [-0.2, 0) is 10.3 Å². The summed E-state index contributed by atoms with van der Waals surface area (Å²) in [5.41, 5.74) is 6.47. The van der Waals surface area contributed by atoms with E-state index in [4.69, 9.17) is 5.73 Å². The molecule has 110 valence electrons. The van der Waals surface area contributed by atoms with E-state index in [0.717, 1.165) is 5.56 Å². The van der Waals surface area contributed by atoms with Crippen molar-refractivity contribution in [2.45, 2.75) is 26.3 Å². The van der Waals surface area contributed by atoms with Crippen LogP contribution in [0, 0.1) is 6.92 Å². The lowest BCUT2D eigenvalue weighted by atomic mass is 10.0. The number of nitrogens with one attached hydrogen (secondary N) is 1. The molecule has 2 rings (SSSR count). The summed E-state index contributed by atoms with van der Waals surface area (Å²) >= 11 is 0. The molecule has 0 atom stereocenters. The molecule has 0 aliphatic carbocycles. The van der Waals surface area contributed by atoms with Crippen LogP contribution in [0.3, 0.4) is 0 Å². The highest BCUT2D eigenvalue weighted by atomic mass is 16.2. The maximum Gasteiger partial charge on any atom is 0.251 e. The van der Waals surface area contributed by atoms with Crippen molar-refractivity contribution in [2.75, 3.05) is 11.1 Å². The van der Waals surface area contributed by atoms with Gasteiger partial charge in [-0.05, 0) is 44.5 Å². The van der Waals surface area contributed by atoms with Crippen LogP contribution in [0.4, 0.5) is 11.4 Å². The molecular weight excluding hydrogens is 266 g/mol. The lowest BCUT2D eigenvalue weighted by Crippen LogP contribution is -2.45. The third kappa shape index (κ3) is 2.97. The highest BCUT2D eigenvalue weighted by molar-refractivity contribution is 5.98. The smallest absolute Gasteiger partial charge is 0.251 e. The number of pyridine rings is 1. The molecule has 2 aromatic rings. The zero-order chi connectivity index (χ0) is 15.6. The number of amides is 1. The van der Waals surface area contributed by atoms with Gasteiger partial charge in [0.05, 0.1) is 11.4 Å². The van der Waals surface area contributed by atoms with Crippen LogP contribution in [0.2, 0.25) is 0 Å². The molecule has 0 fully saturated rings. The number of hydrogen-bond acceptors (Lipinski definition) is 3. The number of nitrogens with zero attached hydrogens (tertiary/aromatic N) is 1. The maximum absolute atomic E-state index is 12.5. The highest BCUT2D eigenvalue weighted by Gasteiger charge is 2.30. The molecule has 5 heteroatoms. The fourth-order valence-electron chi connectivity index (χ4n) is 2.04. The molecule has 1 amide bonds. The van der Waals surface area contributed by atoms with Crippen molar-refractivity contribution in [3.05, 3.63) is 58.5 Å². The molecule has 0 unspecified atom stereocenters. The fourth-order valence-corrected chi connectivity index (χ4v) is 2.04. The largest absolute Gasteiger partial charge is 0.397 e. The third-order valence-corrected chi connectivity index (χ3v) is 3.44. The quantitative estimate of drug-likeness (QED) is 0.848. The zero-order valence-electron chi connectivity index (χ0n) is 12.4. The van der Waals surface area contributed by atoms with Crippen molar-refractivity contribution < 1.29 is 4.79 Å². The van der Waals surface area contributed by atoms with Crippen molar-refractivity contribution in [1.29, 1.82) is 0 Å². The lowest BCUT2D eigenvalue weighted by Gasteiger charge is -2.26. The monoisotopic (exact) mass is 285 g/mol. The topological polar surface area (TPSA) is 77.1 Å². The summed E-state index contributed by atoms with van der Waals surface area (Å²) in [5.74, 6) is -0.300. The van der Waals surface area contributed by atoms with E-state index in [1.54, 1.807) is 50.4 Å². The number of nitrogen functional groups attached to an aromatic ring is 1. The number of benzene rings is 1. The fraction of sp³-hybridized carbons (Fsp3) is 0.250. The van der Waals surface area contributed by atoms with E-state index < -0.39 is 5.54 Å². The second-order valence-corrected chi connectivity index (χ2v) is 5.51. The van der Waals surface area contributed by atoms with Gasteiger partial charge in [0.15, 0.2) is 0 Å². The molecule has 3 N–H and O–H groups in total. The van der Waals surface area contributed by atoms with E-state index in [1.165, 1.54) is 10.6 Å². The maximum atomic E-state index is 12.5. The Morgan fingerprint density at radius 3 is 2.52 bits per heavy atom. The summed E-state index contributed by atoms with van der Waals surface area (Å²) in [6.07, 6.45) is 1.63. The number of nitrogens with two attached hydrogens (primary N) is 1. The Labute approximate surface area is 123 Å². The normalized spacial score (nSPS) is 11.2. The summed E-state index contributed by atoms with van der Waals surface area (Å²) in [6, 6.07) is 10.3. The summed E-state index contributed by atoms with van der Waals surface area (Å²) < 4.78 is 1.41. The van der Waals surface area contributed by atoms with E-state index in [1.807, 2.05) is 6.92 Å². The Hall–Kier alpha value is -2.56. The number of aromatic nitrogens is 1. The molecule has 0 saturated carbocycles. The summed E-state index contributed by atoms with van der Waals surface area (Å²) in [7, 11) is 0. The molecule has 0 radical (unpaired) electrons. The Morgan fingerprint density at radius 2 is 1.90 bits per heavy atom. The van der Waals surface area contributed by atoms with E-state index in [-0.39, 0.29) is 11.5 Å². The average Bonchev–Trinajstić information content (AvgIpc) is 2.40. The van der Waals surface area contributed by atoms with Gasteiger partial charge in [-0.1, -0.05) is 12.1 Å². The predicted octanol–water partition coefficient (Wildman–Crippen LogP) is 2.11. The zero-order valence-corrected chi connectivity index (χ0v) is 12.4. The second-order valence-electron chi connectivity index (χ2n) is 5.51. The van der Waals surface area contributed by atoms with E-state index in [0.29, 0.717) is 11.4 Å². The molecule has 0 bridgehead atoms. The van der Waals surface area contributed by atoms with Crippen LogP contribution < -0.4 is 16.6 Å². The Bertz CT molecular complexity index is 732. The van der Waals surface area contributed by atoms with Crippen molar-refractivity contribution in [3.8, 4) is 0 Å². The Kier molecular flexibility index (Phi) is 3.84. The number of para-hydroxylation sites is 2. The standard InChI is InChI=1S/C16H19N3O2/c1-11-8-9-19(14(20)10-11)16(2,3)15(21)18-13-7-5-4-6-12(13)17/h4-10H,17H2,1-3H3,(H,18,21). The summed E-state index contributed by atoms with van der Waals surface area (Å²) in [4.78, 5) is 24.6. The minimum atomic E-state index is -1.02. The first-order chi connectivity index (χ1) is 9.82. The Balaban J connectivity index is 2.33. The molecule has 21 heavy (non-hydrogen) atoms. The van der Waals surface area contributed by atoms with Crippen LogP contribution in [0.25, 0.3) is 0 Å². The van der Waals surface area contributed by atoms with Gasteiger partial charge < -0.3 is 15.6 Å². The van der Waals surface area contributed by atoms with Gasteiger partial charge in [-0.15, -0.1) is 0 Å². The first kappa shape index (κ1) is 14.8. The number of rotatable bonds is 3. The predicted molar refractivity (Wildman–Crippen MR) is 84.2 cm³/mol. The number of hydrogen-bond donors (Lipinski definition) is 2. The van der Waals surface area contributed by atoms with Gasteiger partial charge in [-0.3, -0.25) is 9.59 Å². The molecule has 0 saturated heterocycles. The minimum Gasteiger partial charge on any atom is -0.397 e. The summed E-state index contributed by atoms with van der Waals surface area (Å²) in [5, 5.41) is 2.77. The SMILES string of the molecule is Cc1ccn(C(C)(C)C(=O)Nc2ccccc2N)c(=O)c1. The molecule has 1 aromatic carbocycles. The molecule has 5 nitrogen and oxygen atoms in total. The minimum absolute atomic E-state index is 0.212. The van der Waals surface area contributed by atoms with Crippen LogP contribution in [0.5, 0.6) is 0 Å². The molecular formula is C16H19N3O2. The van der Waals surface area contributed by atoms with Crippen LogP contribution in [0.15, 0.2) is 47.4 Å². The molecule has 1 aromatic heterocycles. The van der Waals surface area contributed by atoms with Crippen LogP contribution in [-0.4, -0.2) is 10.5 Å². The molecule has 0 aliphatic rings. The van der Waals surface area contributed by atoms with E-state index >= 15 is 0 Å². The first-order valence-corrected chi connectivity index (χ1v) is 6.68. The van der Waals surface area contributed by atoms with E-state index in [9.17, 15) is 9.59 Å². The van der Waals surface area contributed by atoms with Gasteiger partial charge in [0.25, 0.3) is 5.56 Å². The number of aryl methyl sites for hydroxylation is 1. The average molecular weight is 285 g/mol. The molecule has 1 heterocycles.